The molecule has 19 heavy (non-hydrogen) atoms. The number of aromatic nitrogens is 3. The SMILES string of the molecule is CCc1nc(Cc2ccc(OC)nc2)nc(N)c1I. The summed E-state index contributed by atoms with van der Waals surface area (Å²) >= 11 is 2.18. The summed E-state index contributed by atoms with van der Waals surface area (Å²) in [6, 6.07) is 3.78. The second kappa shape index (κ2) is 6.14. The van der Waals surface area contributed by atoms with Crippen LogP contribution in [-0.2, 0) is 12.8 Å². The van der Waals surface area contributed by atoms with E-state index < -0.39 is 0 Å². The lowest BCUT2D eigenvalue weighted by molar-refractivity contribution is 0.397. The van der Waals surface area contributed by atoms with Crippen molar-refractivity contribution in [2.75, 3.05) is 12.8 Å². The molecule has 0 bridgehead atoms. The van der Waals surface area contributed by atoms with Crippen LogP contribution in [0.25, 0.3) is 0 Å². The van der Waals surface area contributed by atoms with Crippen molar-refractivity contribution >= 4 is 28.4 Å². The summed E-state index contributed by atoms with van der Waals surface area (Å²) in [5, 5.41) is 0. The zero-order valence-electron chi connectivity index (χ0n) is 10.9. The molecule has 0 atom stereocenters. The van der Waals surface area contributed by atoms with Gasteiger partial charge in [0.15, 0.2) is 0 Å². The van der Waals surface area contributed by atoms with Crippen LogP contribution in [0.4, 0.5) is 5.82 Å². The molecule has 0 aliphatic carbocycles. The van der Waals surface area contributed by atoms with Gasteiger partial charge in [0.1, 0.15) is 11.6 Å². The van der Waals surface area contributed by atoms with Crippen LogP contribution in [0.1, 0.15) is 24.0 Å². The van der Waals surface area contributed by atoms with Crippen molar-refractivity contribution in [2.45, 2.75) is 19.8 Å². The minimum absolute atomic E-state index is 0.545. The smallest absolute Gasteiger partial charge is 0.212 e. The zero-order valence-corrected chi connectivity index (χ0v) is 13.0. The van der Waals surface area contributed by atoms with Gasteiger partial charge in [0.25, 0.3) is 0 Å². The summed E-state index contributed by atoms with van der Waals surface area (Å²) in [5.41, 5.74) is 7.92. The molecule has 2 heterocycles. The van der Waals surface area contributed by atoms with Crippen LogP contribution < -0.4 is 10.5 Å². The number of methoxy groups -OCH3 is 1. The van der Waals surface area contributed by atoms with Crippen LogP contribution in [-0.4, -0.2) is 22.1 Å². The molecule has 2 N–H and O–H groups in total. The molecular weight excluding hydrogens is 355 g/mol. The molecule has 0 aromatic carbocycles. The lowest BCUT2D eigenvalue weighted by atomic mass is 10.2. The average Bonchev–Trinajstić information content (AvgIpc) is 2.43. The first kappa shape index (κ1) is 14.0. The van der Waals surface area contributed by atoms with E-state index in [0.717, 1.165) is 27.1 Å². The summed E-state index contributed by atoms with van der Waals surface area (Å²) < 4.78 is 5.97. The number of pyridine rings is 1. The van der Waals surface area contributed by atoms with E-state index >= 15 is 0 Å². The first-order chi connectivity index (χ1) is 9.13. The molecule has 0 saturated carbocycles. The monoisotopic (exact) mass is 370 g/mol. The molecule has 6 heteroatoms. The molecule has 0 unspecified atom stereocenters. The van der Waals surface area contributed by atoms with Gasteiger partial charge in [-0.2, -0.15) is 0 Å². The molecule has 0 radical (unpaired) electrons. The van der Waals surface area contributed by atoms with Crippen LogP contribution in [0.15, 0.2) is 18.3 Å². The normalized spacial score (nSPS) is 10.5. The van der Waals surface area contributed by atoms with Crippen molar-refractivity contribution in [3.05, 3.63) is 39.0 Å². The zero-order chi connectivity index (χ0) is 13.8. The topological polar surface area (TPSA) is 73.9 Å². The number of anilines is 1. The standard InChI is InChI=1S/C13H15IN4O/c1-3-9-12(14)13(15)18-10(17-9)6-8-4-5-11(19-2)16-7-8/h4-5,7H,3,6H2,1-2H3,(H2,15,17,18). The van der Waals surface area contributed by atoms with E-state index in [0.29, 0.717) is 18.1 Å². The summed E-state index contributed by atoms with van der Waals surface area (Å²) in [7, 11) is 1.60. The van der Waals surface area contributed by atoms with Crippen LogP contribution in [0.2, 0.25) is 0 Å². The van der Waals surface area contributed by atoms with Crippen LogP contribution >= 0.6 is 22.6 Å². The summed E-state index contributed by atoms with van der Waals surface area (Å²) in [6.45, 7) is 2.06. The highest BCUT2D eigenvalue weighted by Crippen LogP contribution is 2.18. The van der Waals surface area contributed by atoms with Gasteiger partial charge in [-0.3, -0.25) is 0 Å². The maximum Gasteiger partial charge on any atom is 0.212 e. The third kappa shape index (κ3) is 3.31. The van der Waals surface area contributed by atoms with E-state index in [1.807, 2.05) is 12.1 Å². The number of nitrogens with zero attached hydrogens (tertiary/aromatic N) is 3. The number of hydrogen-bond acceptors (Lipinski definition) is 5. The molecule has 0 saturated heterocycles. The Morgan fingerprint density at radius 1 is 1.32 bits per heavy atom. The van der Waals surface area contributed by atoms with Crippen LogP contribution in [0.3, 0.4) is 0 Å². The fraction of sp³-hybridized carbons (Fsp3) is 0.308. The van der Waals surface area contributed by atoms with Gasteiger partial charge in [0.05, 0.1) is 16.4 Å². The maximum absolute atomic E-state index is 5.90. The quantitative estimate of drug-likeness (QED) is 0.836. The molecule has 5 nitrogen and oxygen atoms in total. The van der Waals surface area contributed by atoms with Crippen molar-refractivity contribution in [1.82, 2.24) is 15.0 Å². The van der Waals surface area contributed by atoms with Gasteiger partial charge in [-0.15, -0.1) is 0 Å². The third-order valence-corrected chi connectivity index (χ3v) is 3.87. The van der Waals surface area contributed by atoms with Gasteiger partial charge in [-0.05, 0) is 34.6 Å². The number of ether oxygens (including phenoxy) is 1. The van der Waals surface area contributed by atoms with E-state index in [1.54, 1.807) is 13.3 Å². The fourth-order valence-electron chi connectivity index (χ4n) is 1.70. The second-order valence-electron chi connectivity index (χ2n) is 4.02. The highest BCUT2D eigenvalue weighted by Gasteiger charge is 2.09. The van der Waals surface area contributed by atoms with E-state index in [9.17, 15) is 0 Å². The lowest BCUT2D eigenvalue weighted by Gasteiger charge is -2.07. The number of aryl methyl sites for hydroxylation is 1. The molecule has 2 rings (SSSR count). The number of nitrogen functional groups attached to an aromatic ring is 1. The number of rotatable bonds is 4. The van der Waals surface area contributed by atoms with E-state index in [2.05, 4.69) is 44.5 Å². The largest absolute Gasteiger partial charge is 0.481 e. The summed E-state index contributed by atoms with van der Waals surface area (Å²) in [5.74, 6) is 1.87. The predicted octanol–water partition coefficient (Wildman–Crippen LogP) is 2.22. The van der Waals surface area contributed by atoms with E-state index in [4.69, 9.17) is 10.5 Å². The van der Waals surface area contributed by atoms with Gasteiger partial charge >= 0.3 is 0 Å². The Morgan fingerprint density at radius 3 is 2.68 bits per heavy atom. The molecule has 0 aliphatic heterocycles. The molecule has 100 valence electrons. The van der Waals surface area contributed by atoms with Crippen molar-refractivity contribution in [2.24, 2.45) is 0 Å². The first-order valence-corrected chi connectivity index (χ1v) is 7.01. The molecule has 0 spiro atoms. The van der Waals surface area contributed by atoms with E-state index in [1.165, 1.54) is 0 Å². The van der Waals surface area contributed by atoms with Gasteiger partial charge in [0, 0.05) is 18.7 Å². The molecule has 0 amide bonds. The van der Waals surface area contributed by atoms with E-state index in [-0.39, 0.29) is 0 Å². The molecule has 0 aliphatic rings. The Labute approximate surface area is 125 Å². The average molecular weight is 370 g/mol. The van der Waals surface area contributed by atoms with Crippen LogP contribution in [0, 0.1) is 3.57 Å². The lowest BCUT2D eigenvalue weighted by Crippen LogP contribution is -2.07. The second-order valence-corrected chi connectivity index (χ2v) is 5.10. The van der Waals surface area contributed by atoms with Crippen molar-refractivity contribution in [3.8, 4) is 5.88 Å². The number of halogens is 1. The highest BCUT2D eigenvalue weighted by atomic mass is 127. The molecule has 0 fully saturated rings. The molecule has 2 aromatic rings. The van der Waals surface area contributed by atoms with Crippen LogP contribution in [0.5, 0.6) is 5.88 Å². The Hall–Kier alpha value is -1.44. The maximum atomic E-state index is 5.90. The van der Waals surface area contributed by atoms with Gasteiger partial charge < -0.3 is 10.5 Å². The Morgan fingerprint density at radius 2 is 2.11 bits per heavy atom. The minimum Gasteiger partial charge on any atom is -0.481 e. The van der Waals surface area contributed by atoms with Gasteiger partial charge in [0.2, 0.25) is 5.88 Å². The van der Waals surface area contributed by atoms with Crippen molar-refractivity contribution in [3.63, 3.8) is 0 Å². The van der Waals surface area contributed by atoms with Gasteiger partial charge in [-0.25, -0.2) is 15.0 Å². The Bertz CT molecular complexity index is 572. The Balaban J connectivity index is 2.25. The number of hydrogen-bond donors (Lipinski definition) is 1. The third-order valence-electron chi connectivity index (χ3n) is 2.70. The van der Waals surface area contributed by atoms with Crippen molar-refractivity contribution < 1.29 is 4.74 Å². The molecule has 2 aromatic heterocycles. The first-order valence-electron chi connectivity index (χ1n) is 5.93. The summed E-state index contributed by atoms with van der Waals surface area (Å²) in [6.07, 6.45) is 3.23. The fourth-order valence-corrected chi connectivity index (χ4v) is 2.32. The Kier molecular flexibility index (Phi) is 4.52. The van der Waals surface area contributed by atoms with Crippen molar-refractivity contribution in [1.29, 1.82) is 0 Å². The predicted molar refractivity (Wildman–Crippen MR) is 82.1 cm³/mol. The highest BCUT2D eigenvalue weighted by molar-refractivity contribution is 14.1. The summed E-state index contributed by atoms with van der Waals surface area (Å²) in [4.78, 5) is 13.0. The molecular formula is C13H15IN4O. The minimum atomic E-state index is 0.545. The van der Waals surface area contributed by atoms with Gasteiger partial charge in [-0.1, -0.05) is 13.0 Å². The number of nitrogens with two attached hydrogens (primary N) is 1.